The fourth-order valence-electron chi connectivity index (χ4n) is 1.73. The van der Waals surface area contributed by atoms with Crippen molar-refractivity contribution in [2.45, 2.75) is 26.8 Å². The molecule has 0 radical (unpaired) electrons. The molecule has 0 aliphatic rings. The number of thiazole rings is 1. The molecule has 6 heteroatoms. The van der Waals surface area contributed by atoms with Gasteiger partial charge >= 0.3 is 0 Å². The summed E-state index contributed by atoms with van der Waals surface area (Å²) in [4.78, 5) is 8.92. The number of aryl methyl sites for hydroxylation is 1. The molecule has 0 aliphatic carbocycles. The third-order valence-corrected chi connectivity index (χ3v) is 3.48. The van der Waals surface area contributed by atoms with Crippen molar-refractivity contribution in [2.75, 3.05) is 13.1 Å². The van der Waals surface area contributed by atoms with Gasteiger partial charge in [0.05, 0.1) is 17.0 Å². The van der Waals surface area contributed by atoms with E-state index in [-0.39, 0.29) is 0 Å². The van der Waals surface area contributed by atoms with E-state index in [1.165, 1.54) is 0 Å². The first-order valence-electron chi connectivity index (χ1n) is 6.73. The molecule has 0 saturated heterocycles. The summed E-state index contributed by atoms with van der Waals surface area (Å²) in [7, 11) is 0. The average molecular weight is 292 g/mol. The van der Waals surface area contributed by atoms with Crippen LogP contribution < -0.4 is 10.6 Å². The predicted molar refractivity (Wildman–Crippen MR) is 82.1 cm³/mol. The van der Waals surface area contributed by atoms with Gasteiger partial charge in [-0.15, -0.1) is 11.3 Å². The van der Waals surface area contributed by atoms with Crippen LogP contribution in [0.1, 0.15) is 23.4 Å². The van der Waals surface area contributed by atoms with Crippen LogP contribution in [-0.4, -0.2) is 24.0 Å². The van der Waals surface area contributed by atoms with Gasteiger partial charge in [-0.05, 0) is 26.0 Å². The Labute approximate surface area is 123 Å². The van der Waals surface area contributed by atoms with E-state index < -0.39 is 0 Å². The van der Waals surface area contributed by atoms with Crippen molar-refractivity contribution in [1.29, 1.82) is 0 Å². The molecular weight excluding hydrogens is 272 g/mol. The Morgan fingerprint density at radius 1 is 1.45 bits per heavy atom. The number of rotatable bonds is 6. The fraction of sp³-hybridized carbons (Fsp3) is 0.429. The van der Waals surface area contributed by atoms with Crippen LogP contribution >= 0.6 is 11.3 Å². The highest BCUT2D eigenvalue weighted by atomic mass is 32.1. The highest BCUT2D eigenvalue weighted by Crippen LogP contribution is 2.07. The minimum Gasteiger partial charge on any atom is -0.467 e. The smallest absolute Gasteiger partial charge is 0.191 e. The van der Waals surface area contributed by atoms with Crippen molar-refractivity contribution in [3.8, 4) is 0 Å². The van der Waals surface area contributed by atoms with Gasteiger partial charge in [0.2, 0.25) is 0 Å². The summed E-state index contributed by atoms with van der Waals surface area (Å²) >= 11 is 1.68. The first-order valence-corrected chi connectivity index (χ1v) is 7.61. The minimum absolute atomic E-state index is 0.540. The van der Waals surface area contributed by atoms with Crippen molar-refractivity contribution < 1.29 is 4.42 Å². The average Bonchev–Trinajstić information content (AvgIpc) is 3.08. The number of hydrogen-bond acceptors (Lipinski definition) is 4. The van der Waals surface area contributed by atoms with E-state index in [0.717, 1.165) is 41.9 Å². The topological polar surface area (TPSA) is 62.5 Å². The molecule has 0 bridgehead atoms. The fourth-order valence-corrected chi connectivity index (χ4v) is 2.38. The lowest BCUT2D eigenvalue weighted by atomic mass is 10.3. The molecular formula is C14H20N4OS. The van der Waals surface area contributed by atoms with Crippen molar-refractivity contribution in [2.24, 2.45) is 4.99 Å². The molecule has 5 nitrogen and oxygen atoms in total. The minimum atomic E-state index is 0.540. The number of nitrogens with zero attached hydrogens (tertiary/aromatic N) is 2. The van der Waals surface area contributed by atoms with E-state index in [9.17, 15) is 0 Å². The number of nitrogens with one attached hydrogen (secondary N) is 2. The Hall–Kier alpha value is -1.82. The molecule has 2 N–H and O–H groups in total. The van der Waals surface area contributed by atoms with Crippen LogP contribution in [0, 0.1) is 6.92 Å². The first-order chi connectivity index (χ1) is 9.78. The second-order valence-corrected chi connectivity index (χ2v) is 5.37. The molecule has 0 saturated carbocycles. The molecule has 0 amide bonds. The summed E-state index contributed by atoms with van der Waals surface area (Å²) in [6.07, 6.45) is 2.56. The predicted octanol–water partition coefficient (Wildman–Crippen LogP) is 2.34. The molecule has 2 aromatic heterocycles. The van der Waals surface area contributed by atoms with Crippen LogP contribution in [-0.2, 0) is 13.0 Å². The lowest BCUT2D eigenvalue weighted by Gasteiger charge is -2.10. The highest BCUT2D eigenvalue weighted by Gasteiger charge is 2.01. The van der Waals surface area contributed by atoms with Gasteiger partial charge in [-0.3, -0.25) is 0 Å². The van der Waals surface area contributed by atoms with E-state index in [0.29, 0.717) is 6.54 Å². The lowest BCUT2D eigenvalue weighted by molar-refractivity contribution is 0.512. The standard InChI is InChI=1S/C14H20N4OS/c1-3-15-14(17-9-13-5-4-8-19-13)16-7-6-12-10-20-11(2)18-12/h4-5,8,10H,3,6-7,9H2,1-2H3,(H2,15,16,17). The number of hydrogen-bond donors (Lipinski definition) is 2. The van der Waals surface area contributed by atoms with E-state index in [2.05, 4.69) is 26.0 Å². The second kappa shape index (κ2) is 7.69. The highest BCUT2D eigenvalue weighted by molar-refractivity contribution is 7.09. The van der Waals surface area contributed by atoms with Crippen molar-refractivity contribution in [3.05, 3.63) is 40.2 Å². The number of aromatic nitrogens is 1. The van der Waals surface area contributed by atoms with Gasteiger partial charge in [-0.2, -0.15) is 0 Å². The third kappa shape index (κ3) is 4.70. The number of furan rings is 1. The zero-order chi connectivity index (χ0) is 14.2. The normalized spacial score (nSPS) is 11.6. The summed E-state index contributed by atoms with van der Waals surface area (Å²) in [6, 6.07) is 3.79. The number of aliphatic imine (C=N–C) groups is 1. The Balaban J connectivity index is 1.80. The molecule has 0 fully saturated rings. The maximum atomic E-state index is 5.27. The SMILES string of the molecule is CCNC(=NCc1ccco1)NCCc1csc(C)n1. The van der Waals surface area contributed by atoms with Crippen molar-refractivity contribution >= 4 is 17.3 Å². The van der Waals surface area contributed by atoms with Crippen LogP contribution in [0.2, 0.25) is 0 Å². The van der Waals surface area contributed by atoms with Crippen LogP contribution in [0.15, 0.2) is 33.2 Å². The largest absolute Gasteiger partial charge is 0.467 e. The van der Waals surface area contributed by atoms with E-state index in [4.69, 9.17) is 4.42 Å². The van der Waals surface area contributed by atoms with Gasteiger partial charge in [0.25, 0.3) is 0 Å². The Bertz CT molecular complexity index is 533. The molecule has 0 spiro atoms. The van der Waals surface area contributed by atoms with Crippen LogP contribution in [0.4, 0.5) is 0 Å². The molecule has 2 rings (SSSR count). The molecule has 0 aliphatic heterocycles. The summed E-state index contributed by atoms with van der Waals surface area (Å²) in [5, 5.41) is 9.73. The zero-order valence-corrected chi connectivity index (χ0v) is 12.7. The summed E-state index contributed by atoms with van der Waals surface area (Å²) in [5.41, 5.74) is 1.13. The Kier molecular flexibility index (Phi) is 5.61. The molecule has 0 unspecified atom stereocenters. The quantitative estimate of drug-likeness (QED) is 0.634. The lowest BCUT2D eigenvalue weighted by Crippen LogP contribution is -2.38. The van der Waals surface area contributed by atoms with Gasteiger partial charge < -0.3 is 15.1 Å². The van der Waals surface area contributed by atoms with Crippen LogP contribution in [0.3, 0.4) is 0 Å². The van der Waals surface area contributed by atoms with E-state index >= 15 is 0 Å². The maximum absolute atomic E-state index is 5.27. The van der Waals surface area contributed by atoms with E-state index in [1.54, 1.807) is 17.6 Å². The summed E-state index contributed by atoms with van der Waals surface area (Å²) in [6.45, 7) is 6.26. The molecule has 2 aromatic rings. The number of guanidine groups is 1. The van der Waals surface area contributed by atoms with E-state index in [1.807, 2.05) is 26.0 Å². The van der Waals surface area contributed by atoms with Crippen LogP contribution in [0.5, 0.6) is 0 Å². The molecule has 2 heterocycles. The monoisotopic (exact) mass is 292 g/mol. The molecule has 20 heavy (non-hydrogen) atoms. The van der Waals surface area contributed by atoms with Crippen molar-refractivity contribution in [3.63, 3.8) is 0 Å². The second-order valence-electron chi connectivity index (χ2n) is 4.31. The summed E-state index contributed by atoms with van der Waals surface area (Å²) < 4.78 is 5.27. The molecule has 0 aromatic carbocycles. The zero-order valence-electron chi connectivity index (χ0n) is 11.8. The Morgan fingerprint density at radius 3 is 3.00 bits per heavy atom. The van der Waals surface area contributed by atoms with Gasteiger partial charge in [-0.25, -0.2) is 9.98 Å². The van der Waals surface area contributed by atoms with Crippen LogP contribution in [0.25, 0.3) is 0 Å². The van der Waals surface area contributed by atoms with Gasteiger partial charge in [0.1, 0.15) is 12.3 Å². The first kappa shape index (κ1) is 14.6. The molecule has 108 valence electrons. The van der Waals surface area contributed by atoms with Gasteiger partial charge in [0, 0.05) is 24.9 Å². The van der Waals surface area contributed by atoms with Gasteiger partial charge in [0.15, 0.2) is 5.96 Å². The summed E-state index contributed by atoms with van der Waals surface area (Å²) in [5.74, 6) is 1.66. The Morgan fingerprint density at radius 2 is 2.35 bits per heavy atom. The molecule has 0 atom stereocenters. The maximum Gasteiger partial charge on any atom is 0.191 e. The third-order valence-electron chi connectivity index (χ3n) is 2.66. The van der Waals surface area contributed by atoms with Crippen molar-refractivity contribution in [1.82, 2.24) is 15.6 Å². The van der Waals surface area contributed by atoms with Gasteiger partial charge in [-0.1, -0.05) is 0 Å².